The Morgan fingerprint density at radius 2 is 0.810 bits per heavy atom. The second kappa shape index (κ2) is 11.9. The van der Waals surface area contributed by atoms with Gasteiger partial charge in [0.2, 0.25) is 0 Å². The van der Waals surface area contributed by atoms with Gasteiger partial charge >= 0.3 is 0 Å². The molecule has 2 aromatic heterocycles. The average molecular weight is 735 g/mol. The number of hydrogen-bond donors (Lipinski definition) is 0. The summed E-state index contributed by atoms with van der Waals surface area (Å²) in [7, 11) is 0. The second-order valence-electron chi connectivity index (χ2n) is 15.7. The Labute approximate surface area is 335 Å². The van der Waals surface area contributed by atoms with Gasteiger partial charge in [-0.3, -0.25) is 0 Å². The molecule has 12 aromatic rings. The minimum Gasteiger partial charge on any atom is -0.309 e. The van der Waals surface area contributed by atoms with E-state index in [0.717, 1.165) is 5.69 Å². The summed E-state index contributed by atoms with van der Waals surface area (Å²) in [6, 6.07) is 76.3. The van der Waals surface area contributed by atoms with Gasteiger partial charge in [-0.25, -0.2) is 0 Å². The van der Waals surface area contributed by atoms with Gasteiger partial charge in [0.05, 0.1) is 22.1 Å². The van der Waals surface area contributed by atoms with Gasteiger partial charge in [0.25, 0.3) is 0 Å². The lowest BCUT2D eigenvalue weighted by Gasteiger charge is -2.12. The van der Waals surface area contributed by atoms with E-state index >= 15 is 0 Å². The van der Waals surface area contributed by atoms with E-state index in [0.29, 0.717) is 0 Å². The maximum atomic E-state index is 2.45. The lowest BCUT2D eigenvalue weighted by Crippen LogP contribution is -1.94. The highest BCUT2D eigenvalue weighted by Crippen LogP contribution is 2.49. The molecule has 0 fully saturated rings. The van der Waals surface area contributed by atoms with Crippen LogP contribution < -0.4 is 0 Å². The highest BCUT2D eigenvalue weighted by Gasteiger charge is 2.22. The first-order valence-electron chi connectivity index (χ1n) is 20.1. The molecule has 2 heteroatoms. The van der Waals surface area contributed by atoms with Crippen LogP contribution >= 0.6 is 0 Å². The maximum Gasteiger partial charge on any atom is 0.0547 e. The van der Waals surface area contributed by atoms with Gasteiger partial charge in [0.15, 0.2) is 0 Å². The Hall–Kier alpha value is -7.68. The van der Waals surface area contributed by atoms with E-state index in [2.05, 4.69) is 215 Å². The molecule has 0 amide bonds. The lowest BCUT2D eigenvalue weighted by atomic mass is 9.95. The van der Waals surface area contributed by atoms with Crippen LogP contribution in [0.1, 0.15) is 0 Å². The predicted octanol–water partition coefficient (Wildman–Crippen LogP) is 15.2. The highest BCUT2D eigenvalue weighted by molar-refractivity contribution is 6.17. The van der Waals surface area contributed by atoms with Crippen molar-refractivity contribution in [1.29, 1.82) is 0 Å². The summed E-state index contributed by atoms with van der Waals surface area (Å²) in [4.78, 5) is 0. The van der Waals surface area contributed by atoms with Crippen LogP contribution in [0.2, 0.25) is 0 Å². The molecule has 0 spiro atoms. The molecule has 1 aliphatic carbocycles. The molecule has 0 bridgehead atoms. The van der Waals surface area contributed by atoms with Crippen molar-refractivity contribution in [2.45, 2.75) is 0 Å². The van der Waals surface area contributed by atoms with Crippen LogP contribution in [0.15, 0.2) is 206 Å². The Balaban J connectivity index is 0.936. The molecule has 0 atom stereocenters. The molecule has 268 valence electrons. The van der Waals surface area contributed by atoms with Crippen molar-refractivity contribution < 1.29 is 0 Å². The standard InChI is InChI=1S/C56H34N2/c1-2-12-42(13-3-1)57-53-20-9-7-17-47(53)50-32-38(25-28-54(50)57)39-24-27-48-46-16-6-8-19-52(46)58(55(48)34-39)43-26-23-35-29-36(21-22-37(35)31-43)41-30-40-11-10-18-49-44-14-4-5-15-45(44)51(33-41)56(40)49/h1-34H. The van der Waals surface area contributed by atoms with Crippen LogP contribution in [0.5, 0.6) is 0 Å². The molecule has 0 saturated carbocycles. The highest BCUT2D eigenvalue weighted by atomic mass is 15.0. The molecule has 10 aromatic carbocycles. The van der Waals surface area contributed by atoms with Crippen molar-refractivity contribution in [3.8, 4) is 55.9 Å². The van der Waals surface area contributed by atoms with Crippen LogP contribution in [-0.2, 0) is 0 Å². The van der Waals surface area contributed by atoms with Crippen LogP contribution in [-0.4, -0.2) is 9.13 Å². The summed E-state index contributed by atoms with van der Waals surface area (Å²) >= 11 is 0. The summed E-state index contributed by atoms with van der Waals surface area (Å²) in [5.74, 6) is 0. The first-order chi connectivity index (χ1) is 28.7. The van der Waals surface area contributed by atoms with Crippen molar-refractivity contribution in [3.63, 3.8) is 0 Å². The molecule has 0 radical (unpaired) electrons. The Kier molecular flexibility index (Phi) is 6.47. The first-order valence-corrected chi connectivity index (χ1v) is 20.1. The number of fused-ring (bicyclic) bond motifs is 10. The topological polar surface area (TPSA) is 9.86 Å². The zero-order valence-corrected chi connectivity index (χ0v) is 31.5. The van der Waals surface area contributed by atoms with Crippen LogP contribution in [0.4, 0.5) is 0 Å². The van der Waals surface area contributed by atoms with Gasteiger partial charge in [-0.1, -0.05) is 133 Å². The monoisotopic (exact) mass is 734 g/mol. The van der Waals surface area contributed by atoms with Crippen LogP contribution in [0, 0.1) is 0 Å². The molecule has 1 aliphatic rings. The van der Waals surface area contributed by atoms with Crippen molar-refractivity contribution in [2.75, 3.05) is 0 Å². The van der Waals surface area contributed by atoms with E-state index in [4.69, 9.17) is 0 Å². The number of rotatable bonds is 4. The second-order valence-corrected chi connectivity index (χ2v) is 15.7. The van der Waals surface area contributed by atoms with Crippen molar-refractivity contribution in [3.05, 3.63) is 206 Å². The molecule has 13 rings (SSSR count). The van der Waals surface area contributed by atoms with Crippen LogP contribution in [0.25, 0.3) is 121 Å². The maximum absolute atomic E-state index is 2.45. The van der Waals surface area contributed by atoms with E-state index in [1.54, 1.807) is 0 Å². The number of aromatic nitrogens is 2. The molecular formula is C56H34N2. The molecule has 0 unspecified atom stereocenters. The quantitative estimate of drug-likeness (QED) is 0.170. The third-order valence-electron chi connectivity index (χ3n) is 12.6. The van der Waals surface area contributed by atoms with Gasteiger partial charge in [-0.2, -0.15) is 0 Å². The predicted molar refractivity (Wildman–Crippen MR) is 245 cm³/mol. The van der Waals surface area contributed by atoms with E-state index in [1.165, 1.54) is 115 Å². The van der Waals surface area contributed by atoms with Gasteiger partial charge in [0, 0.05) is 32.9 Å². The zero-order chi connectivity index (χ0) is 37.9. The van der Waals surface area contributed by atoms with E-state index in [9.17, 15) is 0 Å². The Bertz CT molecular complexity index is 3670. The number of benzene rings is 10. The van der Waals surface area contributed by atoms with E-state index < -0.39 is 0 Å². The summed E-state index contributed by atoms with van der Waals surface area (Å²) in [6.07, 6.45) is 0. The smallest absolute Gasteiger partial charge is 0.0547 e. The van der Waals surface area contributed by atoms with Crippen molar-refractivity contribution in [1.82, 2.24) is 9.13 Å². The molecular weight excluding hydrogens is 701 g/mol. The molecule has 2 nitrogen and oxygen atoms in total. The number of nitrogens with zero attached hydrogens (tertiary/aromatic N) is 2. The third kappa shape index (κ3) is 4.48. The molecule has 58 heavy (non-hydrogen) atoms. The molecule has 2 heterocycles. The van der Waals surface area contributed by atoms with Gasteiger partial charge in [-0.05, 0) is 139 Å². The van der Waals surface area contributed by atoms with E-state index in [1.807, 2.05) is 0 Å². The average Bonchev–Trinajstić information content (AvgIpc) is 3.92. The fourth-order valence-corrected chi connectivity index (χ4v) is 9.97. The van der Waals surface area contributed by atoms with Crippen molar-refractivity contribution >= 4 is 65.2 Å². The minimum atomic E-state index is 1.16. The summed E-state index contributed by atoms with van der Waals surface area (Å²) in [6.45, 7) is 0. The lowest BCUT2D eigenvalue weighted by molar-refractivity contribution is 1.18. The largest absolute Gasteiger partial charge is 0.309 e. The van der Waals surface area contributed by atoms with Crippen LogP contribution in [0.3, 0.4) is 0 Å². The van der Waals surface area contributed by atoms with Gasteiger partial charge in [0.1, 0.15) is 0 Å². The minimum absolute atomic E-state index is 1.16. The summed E-state index contributed by atoms with van der Waals surface area (Å²) in [5.41, 5.74) is 17.4. The van der Waals surface area contributed by atoms with Crippen molar-refractivity contribution in [2.24, 2.45) is 0 Å². The number of para-hydroxylation sites is 3. The molecule has 0 saturated heterocycles. The van der Waals surface area contributed by atoms with Gasteiger partial charge < -0.3 is 9.13 Å². The summed E-state index contributed by atoms with van der Waals surface area (Å²) in [5, 5.41) is 10.1. The Morgan fingerprint density at radius 3 is 1.66 bits per heavy atom. The van der Waals surface area contributed by atoms with Gasteiger partial charge in [-0.15, -0.1) is 0 Å². The SMILES string of the molecule is c1ccc(-n2c3ccccc3c3cc(-c4ccc5c6ccccc6n(-c6ccc7cc(-c8cc9c%10c(cccc%10c8)-c8ccccc8-9)ccc7c6)c5c4)ccc32)cc1. The zero-order valence-electron chi connectivity index (χ0n) is 31.5. The van der Waals surface area contributed by atoms with E-state index in [-0.39, 0.29) is 0 Å². The first kappa shape index (κ1) is 31.5. The Morgan fingerprint density at radius 1 is 0.241 bits per heavy atom. The summed E-state index contributed by atoms with van der Waals surface area (Å²) < 4.78 is 4.82. The number of hydrogen-bond acceptors (Lipinski definition) is 0. The fraction of sp³-hybridized carbons (Fsp3) is 0. The third-order valence-corrected chi connectivity index (χ3v) is 12.6. The molecule has 0 N–H and O–H groups in total. The molecule has 0 aliphatic heterocycles. The fourth-order valence-electron chi connectivity index (χ4n) is 9.97. The normalized spacial score (nSPS) is 12.1.